The van der Waals surface area contributed by atoms with Crippen LogP contribution in [0.25, 0.3) is 0 Å². The molecule has 2 bridgehead atoms. The van der Waals surface area contributed by atoms with E-state index in [4.69, 9.17) is 16.3 Å². The molecule has 1 aliphatic carbocycles. The maximum atomic E-state index is 13.5. The van der Waals surface area contributed by atoms with Gasteiger partial charge in [0.05, 0.1) is 22.6 Å². The number of aliphatic hydroxyl groups excluding tert-OH is 1. The number of hydrogen-bond acceptors (Lipinski definition) is 8. The van der Waals surface area contributed by atoms with Crippen LogP contribution in [-0.2, 0) is 23.1 Å². The molecule has 0 aromatic heterocycles. The molecule has 2 fully saturated rings. The van der Waals surface area contributed by atoms with Gasteiger partial charge in [0.1, 0.15) is 12.4 Å². The fraction of sp³-hybridized carbons (Fsp3) is 0.639. The number of hydrogen-bond donors (Lipinski definition) is 3. The fourth-order valence-corrected chi connectivity index (χ4v) is 9.64. The van der Waals surface area contributed by atoms with Gasteiger partial charge < -0.3 is 19.8 Å². The van der Waals surface area contributed by atoms with Crippen molar-refractivity contribution >= 4 is 33.2 Å². The molecule has 1 amide bonds. The van der Waals surface area contributed by atoms with E-state index in [1.165, 1.54) is 5.56 Å². The number of halogens is 1. The van der Waals surface area contributed by atoms with E-state index in [2.05, 4.69) is 14.5 Å². The van der Waals surface area contributed by atoms with Crippen LogP contribution in [0.15, 0.2) is 36.4 Å². The number of carbonyl (C=O) groups is 1. The molecular formula is C36H50ClN3O6S. The Morgan fingerprint density at radius 1 is 1.00 bits per heavy atom. The Hall–Kier alpha value is -2.37. The molecule has 258 valence electrons. The average Bonchev–Trinajstić information content (AvgIpc) is 3.40. The second-order valence-electron chi connectivity index (χ2n) is 14.6. The highest BCUT2D eigenvalue weighted by Gasteiger charge is 2.48. The zero-order valence-corrected chi connectivity index (χ0v) is 29.2. The van der Waals surface area contributed by atoms with E-state index in [0.29, 0.717) is 62.7 Å². The molecular weight excluding hydrogens is 638 g/mol. The van der Waals surface area contributed by atoms with Gasteiger partial charge in [-0.25, -0.2) is 13.1 Å². The Bertz CT molecular complexity index is 1560. The van der Waals surface area contributed by atoms with Crippen LogP contribution < -0.4 is 14.4 Å². The first-order valence-electron chi connectivity index (χ1n) is 17.4. The number of benzene rings is 2. The van der Waals surface area contributed by atoms with Crippen molar-refractivity contribution in [1.82, 2.24) is 9.62 Å². The Morgan fingerprint density at radius 2 is 1.83 bits per heavy atom. The second-order valence-corrected chi connectivity index (χ2v) is 17.0. The standard InChI is InChI=1S/C36H50ClN3O6S/c1-24-6-5-15-36(43,23-39-17-14-31(41)21-39)32-12-9-28(32)20-40-16-4-3-7-26-18-30(37)11-8-29(26)22-46-34-13-10-27(19-33(34)40)35(42)38-47(44,45)25(24)2/h8,10-11,13,18-19,24-25,28,31-32,41,43H,3-7,9,12,14-17,20-23H2,1-2H3,(H,38,42)/t24-,25+,28-,31-,32+,36-/m0/s1. The highest BCUT2D eigenvalue weighted by Crippen LogP contribution is 2.46. The number of ether oxygens (including phenoxy) is 1. The summed E-state index contributed by atoms with van der Waals surface area (Å²) in [6, 6.07) is 11.1. The first-order valence-corrected chi connectivity index (χ1v) is 19.3. The van der Waals surface area contributed by atoms with Crippen LogP contribution in [0.5, 0.6) is 5.75 Å². The topological polar surface area (TPSA) is 119 Å². The van der Waals surface area contributed by atoms with Crippen LogP contribution in [0, 0.1) is 17.8 Å². The Labute approximate surface area is 284 Å². The largest absolute Gasteiger partial charge is 0.487 e. The third-order valence-electron chi connectivity index (χ3n) is 11.3. The molecule has 2 aromatic carbocycles. The Balaban J connectivity index is 1.37. The van der Waals surface area contributed by atoms with Crippen LogP contribution in [0.1, 0.15) is 86.7 Å². The second kappa shape index (κ2) is 14.2. The number of carbonyl (C=O) groups excluding carboxylic acids is 1. The number of nitrogens with zero attached hydrogens (tertiary/aromatic N) is 2. The molecule has 0 spiro atoms. The van der Waals surface area contributed by atoms with Gasteiger partial charge in [-0.2, -0.15) is 0 Å². The zero-order chi connectivity index (χ0) is 33.3. The van der Waals surface area contributed by atoms with Crippen LogP contribution in [0.2, 0.25) is 5.02 Å². The summed E-state index contributed by atoms with van der Waals surface area (Å²) >= 11 is 6.35. The first kappa shape index (κ1) is 34.5. The third-order valence-corrected chi connectivity index (χ3v) is 13.5. The van der Waals surface area contributed by atoms with Crippen LogP contribution in [-0.4, -0.2) is 79.1 Å². The number of anilines is 1. The minimum absolute atomic E-state index is 0.0741. The van der Waals surface area contributed by atoms with E-state index in [1.807, 2.05) is 25.1 Å². The number of nitrogens with one attached hydrogen (secondary N) is 1. The van der Waals surface area contributed by atoms with Gasteiger partial charge in [-0.15, -0.1) is 0 Å². The lowest BCUT2D eigenvalue weighted by Crippen LogP contribution is -2.56. The minimum Gasteiger partial charge on any atom is -0.487 e. The van der Waals surface area contributed by atoms with Crippen molar-refractivity contribution in [3.63, 3.8) is 0 Å². The number of aliphatic hydroxyl groups is 2. The molecule has 11 heteroatoms. The molecule has 4 aliphatic rings. The molecule has 6 rings (SSSR count). The van der Waals surface area contributed by atoms with Crippen molar-refractivity contribution in [2.75, 3.05) is 37.6 Å². The highest BCUT2D eigenvalue weighted by atomic mass is 35.5. The van der Waals surface area contributed by atoms with Crippen LogP contribution in [0.4, 0.5) is 5.69 Å². The maximum Gasteiger partial charge on any atom is 0.264 e. The summed E-state index contributed by atoms with van der Waals surface area (Å²) in [5.41, 5.74) is 2.31. The van der Waals surface area contributed by atoms with E-state index in [9.17, 15) is 23.4 Å². The first-order chi connectivity index (χ1) is 22.4. The highest BCUT2D eigenvalue weighted by molar-refractivity contribution is 7.90. The molecule has 6 atom stereocenters. The summed E-state index contributed by atoms with van der Waals surface area (Å²) in [5, 5.41) is 22.6. The molecule has 1 saturated carbocycles. The third kappa shape index (κ3) is 7.77. The van der Waals surface area contributed by atoms with Gasteiger partial charge in [0.25, 0.3) is 5.91 Å². The maximum absolute atomic E-state index is 13.5. The molecule has 47 heavy (non-hydrogen) atoms. The molecule has 3 N–H and O–H groups in total. The van der Waals surface area contributed by atoms with Gasteiger partial charge in [-0.05, 0) is 118 Å². The fourth-order valence-electron chi connectivity index (χ4n) is 8.13. The molecule has 9 nitrogen and oxygen atoms in total. The zero-order valence-electron chi connectivity index (χ0n) is 27.7. The van der Waals surface area contributed by atoms with Gasteiger partial charge in [0.2, 0.25) is 10.0 Å². The Kier molecular flexibility index (Phi) is 10.4. The number of aryl methyl sites for hydroxylation is 1. The predicted molar refractivity (Wildman–Crippen MR) is 184 cm³/mol. The SMILES string of the molecule is C[C@@H]1[C@@H](C)CCC[C@](O)(CN2CC[C@H](O)C2)[C@@H]2CC[C@H]2CN2CCCCc3cc(Cl)ccc3COc3ccc(cc32)C(=O)NS1(=O)=O. The average molecular weight is 688 g/mol. The smallest absolute Gasteiger partial charge is 0.264 e. The van der Waals surface area contributed by atoms with Crippen molar-refractivity contribution in [2.24, 2.45) is 17.8 Å². The van der Waals surface area contributed by atoms with E-state index in [1.54, 1.807) is 25.1 Å². The molecule has 3 heterocycles. The summed E-state index contributed by atoms with van der Waals surface area (Å²) in [7, 11) is -3.95. The molecule has 0 unspecified atom stereocenters. The van der Waals surface area contributed by atoms with E-state index in [-0.39, 0.29) is 29.4 Å². The van der Waals surface area contributed by atoms with Crippen molar-refractivity contribution in [1.29, 1.82) is 0 Å². The quantitative estimate of drug-likeness (QED) is 0.397. The minimum atomic E-state index is -3.95. The van der Waals surface area contributed by atoms with Crippen LogP contribution >= 0.6 is 11.6 Å². The van der Waals surface area contributed by atoms with E-state index in [0.717, 1.165) is 56.4 Å². The van der Waals surface area contributed by atoms with Crippen molar-refractivity contribution in [3.8, 4) is 5.75 Å². The summed E-state index contributed by atoms with van der Waals surface area (Å²) in [6.07, 6.45) is 6.85. The Morgan fingerprint density at radius 3 is 2.57 bits per heavy atom. The van der Waals surface area contributed by atoms with E-state index < -0.39 is 26.8 Å². The van der Waals surface area contributed by atoms with Gasteiger partial charge >= 0.3 is 0 Å². The monoisotopic (exact) mass is 687 g/mol. The molecule has 3 aliphatic heterocycles. The normalized spacial score (nSPS) is 32.1. The molecule has 0 radical (unpaired) electrons. The summed E-state index contributed by atoms with van der Waals surface area (Å²) in [4.78, 5) is 18.0. The molecule has 1 saturated heterocycles. The van der Waals surface area contributed by atoms with Crippen molar-refractivity contribution in [3.05, 3.63) is 58.1 Å². The number of sulfonamides is 1. The summed E-state index contributed by atoms with van der Waals surface area (Å²) < 4.78 is 35.6. The van der Waals surface area contributed by atoms with Gasteiger partial charge in [0.15, 0.2) is 0 Å². The summed E-state index contributed by atoms with van der Waals surface area (Å²) in [5.74, 6) is 0.0929. The lowest BCUT2D eigenvalue weighted by molar-refractivity contribution is -0.104. The number of likely N-dealkylation sites (tertiary alicyclic amines) is 1. The van der Waals surface area contributed by atoms with Gasteiger partial charge in [0, 0.05) is 43.3 Å². The summed E-state index contributed by atoms with van der Waals surface area (Å²) in [6.45, 7) is 7.16. The number of β-amino-alcohol motifs (C(OH)–C–C–N with tert-alkyl or cyclic N) is 2. The van der Waals surface area contributed by atoms with Crippen molar-refractivity contribution < 1.29 is 28.2 Å². The number of amides is 1. The lowest BCUT2D eigenvalue weighted by Gasteiger charge is -2.50. The van der Waals surface area contributed by atoms with E-state index >= 15 is 0 Å². The van der Waals surface area contributed by atoms with Gasteiger partial charge in [-0.3, -0.25) is 9.69 Å². The number of rotatable bonds is 2. The van der Waals surface area contributed by atoms with Crippen molar-refractivity contribution in [2.45, 2.75) is 95.2 Å². The van der Waals surface area contributed by atoms with Crippen LogP contribution in [0.3, 0.4) is 0 Å². The predicted octanol–water partition coefficient (Wildman–Crippen LogP) is 5.15. The number of fused-ring (bicyclic) bond motifs is 3. The van der Waals surface area contributed by atoms with Gasteiger partial charge in [-0.1, -0.05) is 31.0 Å². The lowest BCUT2D eigenvalue weighted by atomic mass is 9.62. The molecule has 2 aromatic rings.